The van der Waals surface area contributed by atoms with Crippen molar-refractivity contribution >= 4 is 10.0 Å². The molecule has 0 amide bonds. The van der Waals surface area contributed by atoms with Gasteiger partial charge in [0.05, 0.1) is 12.7 Å². The van der Waals surface area contributed by atoms with Gasteiger partial charge in [-0.2, -0.15) is 5.10 Å². The van der Waals surface area contributed by atoms with Gasteiger partial charge in [0, 0.05) is 0 Å². The molecular formula is C9H11N3O3S. The molecule has 86 valence electrons. The van der Waals surface area contributed by atoms with Crippen molar-refractivity contribution in [3.8, 4) is 0 Å². The molecule has 0 saturated heterocycles. The fourth-order valence-electron chi connectivity index (χ4n) is 1.22. The van der Waals surface area contributed by atoms with Crippen molar-refractivity contribution in [2.24, 2.45) is 0 Å². The summed E-state index contributed by atoms with van der Waals surface area (Å²) in [7, 11) is -3.53. The summed E-state index contributed by atoms with van der Waals surface area (Å²) < 4.78 is 30.9. The molecule has 0 aliphatic rings. The van der Waals surface area contributed by atoms with Crippen molar-refractivity contribution in [1.82, 2.24) is 14.9 Å². The number of aromatic amines is 1. The average molecular weight is 241 g/mol. The Kier molecular flexibility index (Phi) is 2.80. The van der Waals surface area contributed by atoms with Gasteiger partial charge in [-0.25, -0.2) is 13.1 Å². The smallest absolute Gasteiger partial charge is 0.257 e. The number of rotatable bonds is 4. The quantitative estimate of drug-likeness (QED) is 0.828. The molecule has 0 spiro atoms. The van der Waals surface area contributed by atoms with E-state index in [-0.39, 0.29) is 11.6 Å². The molecule has 0 radical (unpaired) electrons. The first-order valence-electron chi connectivity index (χ1n) is 4.62. The molecule has 0 aliphatic heterocycles. The van der Waals surface area contributed by atoms with Crippen LogP contribution in [0.15, 0.2) is 33.8 Å². The molecule has 0 aromatic carbocycles. The Hall–Kier alpha value is -1.60. The van der Waals surface area contributed by atoms with Crippen LogP contribution in [-0.4, -0.2) is 18.6 Å². The summed E-state index contributed by atoms with van der Waals surface area (Å²) >= 11 is 0. The number of aromatic nitrogens is 2. The van der Waals surface area contributed by atoms with Crippen LogP contribution in [0.1, 0.15) is 11.5 Å². The summed E-state index contributed by atoms with van der Waals surface area (Å²) in [6.07, 6.45) is 1.38. The third-order valence-corrected chi connectivity index (χ3v) is 3.33. The number of furan rings is 1. The minimum Gasteiger partial charge on any atom is -0.465 e. The Morgan fingerprint density at radius 3 is 2.81 bits per heavy atom. The van der Waals surface area contributed by atoms with Crippen LogP contribution in [0.2, 0.25) is 0 Å². The minimum absolute atomic E-state index is 0.0378. The fraction of sp³-hybridized carbons (Fsp3) is 0.222. The summed E-state index contributed by atoms with van der Waals surface area (Å²) in [5.41, 5.74) is 0. The average Bonchev–Trinajstić information content (AvgIpc) is 2.85. The number of sulfonamides is 1. The zero-order valence-electron chi connectivity index (χ0n) is 8.60. The van der Waals surface area contributed by atoms with Gasteiger partial charge in [0.2, 0.25) is 0 Å². The zero-order valence-corrected chi connectivity index (χ0v) is 9.41. The number of hydrogen-bond donors (Lipinski definition) is 2. The first-order chi connectivity index (χ1) is 7.58. The van der Waals surface area contributed by atoms with E-state index in [4.69, 9.17) is 4.42 Å². The second-order valence-electron chi connectivity index (χ2n) is 3.26. The van der Waals surface area contributed by atoms with E-state index in [9.17, 15) is 8.42 Å². The van der Waals surface area contributed by atoms with Crippen LogP contribution in [0.25, 0.3) is 0 Å². The van der Waals surface area contributed by atoms with Crippen LogP contribution in [0, 0.1) is 6.92 Å². The molecule has 0 bridgehead atoms. The Balaban J connectivity index is 2.06. The summed E-state index contributed by atoms with van der Waals surface area (Å²) in [4.78, 5) is 0. The van der Waals surface area contributed by atoms with Crippen LogP contribution >= 0.6 is 0 Å². The highest BCUT2D eigenvalue weighted by Gasteiger charge is 2.15. The summed E-state index contributed by atoms with van der Waals surface area (Å²) in [6.45, 7) is 1.92. The predicted octanol–water partition coefficient (Wildman–Crippen LogP) is 0.790. The summed E-state index contributed by atoms with van der Waals surface area (Å²) in [5.74, 6) is 1.32. The van der Waals surface area contributed by atoms with Crippen LogP contribution in [0.3, 0.4) is 0 Å². The van der Waals surface area contributed by atoms with E-state index in [1.165, 1.54) is 12.3 Å². The van der Waals surface area contributed by atoms with Gasteiger partial charge < -0.3 is 4.42 Å². The normalized spacial score (nSPS) is 11.8. The number of hydrogen-bond acceptors (Lipinski definition) is 4. The third kappa shape index (κ3) is 2.31. The van der Waals surface area contributed by atoms with Crippen molar-refractivity contribution in [3.63, 3.8) is 0 Å². The molecule has 2 heterocycles. The molecule has 2 rings (SSSR count). The summed E-state index contributed by atoms with van der Waals surface area (Å²) in [6, 6.07) is 4.89. The Labute approximate surface area is 92.7 Å². The molecule has 0 saturated carbocycles. The molecule has 2 aromatic rings. The maximum absolute atomic E-state index is 11.6. The van der Waals surface area contributed by atoms with E-state index in [1.807, 2.05) is 0 Å². The lowest BCUT2D eigenvalue weighted by atomic mass is 10.4. The highest BCUT2D eigenvalue weighted by Crippen LogP contribution is 2.08. The van der Waals surface area contributed by atoms with Crippen molar-refractivity contribution in [2.75, 3.05) is 0 Å². The van der Waals surface area contributed by atoms with Gasteiger partial charge in [0.25, 0.3) is 10.0 Å². The van der Waals surface area contributed by atoms with Gasteiger partial charge in [0.15, 0.2) is 5.03 Å². The van der Waals surface area contributed by atoms with Crippen LogP contribution in [-0.2, 0) is 16.6 Å². The van der Waals surface area contributed by atoms with E-state index >= 15 is 0 Å². The van der Waals surface area contributed by atoms with Gasteiger partial charge in [-0.3, -0.25) is 5.10 Å². The van der Waals surface area contributed by atoms with Crippen molar-refractivity contribution in [1.29, 1.82) is 0 Å². The van der Waals surface area contributed by atoms with E-state index < -0.39 is 10.0 Å². The molecule has 16 heavy (non-hydrogen) atoms. The first-order valence-corrected chi connectivity index (χ1v) is 6.10. The largest absolute Gasteiger partial charge is 0.465 e. The monoisotopic (exact) mass is 241 g/mol. The number of H-pyrrole nitrogens is 1. The van der Waals surface area contributed by atoms with E-state index in [2.05, 4.69) is 14.9 Å². The molecule has 2 aromatic heterocycles. The van der Waals surface area contributed by atoms with E-state index in [0.717, 1.165) is 5.76 Å². The fourth-order valence-corrected chi connectivity index (χ4v) is 2.12. The third-order valence-electron chi connectivity index (χ3n) is 2.00. The summed E-state index contributed by atoms with van der Waals surface area (Å²) in [5, 5.41) is 6.01. The molecule has 2 N–H and O–H groups in total. The lowest BCUT2D eigenvalue weighted by Gasteiger charge is -2.01. The van der Waals surface area contributed by atoms with Crippen molar-refractivity contribution in [3.05, 3.63) is 35.9 Å². The predicted molar refractivity (Wildman–Crippen MR) is 56.1 cm³/mol. The molecule has 0 atom stereocenters. The molecule has 7 heteroatoms. The first kappa shape index (κ1) is 10.9. The lowest BCUT2D eigenvalue weighted by molar-refractivity contribution is 0.475. The van der Waals surface area contributed by atoms with E-state index in [0.29, 0.717) is 5.76 Å². The number of aryl methyl sites for hydroxylation is 1. The number of nitrogens with zero attached hydrogens (tertiary/aromatic N) is 1. The Morgan fingerprint density at radius 1 is 1.44 bits per heavy atom. The van der Waals surface area contributed by atoms with Crippen molar-refractivity contribution < 1.29 is 12.8 Å². The standard InChI is InChI=1S/C9H11N3O3S/c1-7-2-3-8(15-7)6-11-16(13,14)9-4-5-10-12-9/h2-5,11H,6H2,1H3,(H,10,12). The zero-order chi connectivity index (χ0) is 11.6. The topological polar surface area (TPSA) is 88.0 Å². The maximum Gasteiger partial charge on any atom is 0.257 e. The molecule has 0 unspecified atom stereocenters. The molecule has 0 fully saturated rings. The number of nitrogens with one attached hydrogen (secondary N) is 2. The van der Waals surface area contributed by atoms with Gasteiger partial charge in [-0.15, -0.1) is 0 Å². The van der Waals surface area contributed by atoms with Gasteiger partial charge in [-0.05, 0) is 25.1 Å². The van der Waals surface area contributed by atoms with Crippen LogP contribution < -0.4 is 4.72 Å². The SMILES string of the molecule is Cc1ccc(CNS(=O)(=O)c2ccn[nH]2)o1. The Morgan fingerprint density at radius 2 is 2.25 bits per heavy atom. The van der Waals surface area contributed by atoms with Crippen molar-refractivity contribution in [2.45, 2.75) is 18.5 Å². The highest BCUT2D eigenvalue weighted by molar-refractivity contribution is 7.89. The van der Waals surface area contributed by atoms with Gasteiger partial charge >= 0.3 is 0 Å². The van der Waals surface area contributed by atoms with Crippen LogP contribution in [0.4, 0.5) is 0 Å². The lowest BCUT2D eigenvalue weighted by Crippen LogP contribution is -2.23. The second kappa shape index (κ2) is 4.11. The Bertz CT molecular complexity index is 557. The molecular weight excluding hydrogens is 230 g/mol. The highest BCUT2D eigenvalue weighted by atomic mass is 32.2. The van der Waals surface area contributed by atoms with E-state index in [1.54, 1.807) is 19.1 Å². The maximum atomic E-state index is 11.6. The van der Waals surface area contributed by atoms with Gasteiger partial charge in [-0.1, -0.05) is 0 Å². The molecule has 6 nitrogen and oxygen atoms in total. The minimum atomic E-state index is -3.53. The molecule has 0 aliphatic carbocycles. The van der Waals surface area contributed by atoms with Gasteiger partial charge in [0.1, 0.15) is 11.5 Å². The van der Waals surface area contributed by atoms with Crippen LogP contribution in [0.5, 0.6) is 0 Å². The second-order valence-corrected chi connectivity index (χ2v) is 4.99.